The lowest BCUT2D eigenvalue weighted by atomic mass is 9.96. The second-order valence-electron chi connectivity index (χ2n) is 6.89. The van der Waals surface area contributed by atoms with Crippen LogP contribution in [0.3, 0.4) is 0 Å². The van der Waals surface area contributed by atoms with Gasteiger partial charge in [-0.15, -0.1) is 0 Å². The molecule has 1 aliphatic heterocycles. The Hall–Kier alpha value is -3.38. The van der Waals surface area contributed by atoms with E-state index in [9.17, 15) is 13.2 Å². The number of aromatic nitrogens is 5. The molecule has 0 unspecified atom stereocenters. The highest BCUT2D eigenvalue weighted by atomic mass is 32.2. The number of hydrogen-bond acceptors (Lipinski definition) is 8. The Bertz CT molecular complexity index is 1120. The van der Waals surface area contributed by atoms with Crippen LogP contribution >= 0.6 is 0 Å². The van der Waals surface area contributed by atoms with Crippen LogP contribution in [0.2, 0.25) is 0 Å². The van der Waals surface area contributed by atoms with Crippen molar-refractivity contribution in [2.45, 2.75) is 17.7 Å². The minimum Gasteiger partial charge on any atom is -0.356 e. The molecule has 3 N–H and O–H groups in total. The maximum Gasteiger partial charge on any atom is 0.238 e. The first-order chi connectivity index (χ1) is 14.4. The minimum absolute atomic E-state index is 0.00363. The quantitative estimate of drug-likeness (QED) is 0.599. The van der Waals surface area contributed by atoms with E-state index in [1.165, 1.54) is 36.9 Å². The lowest BCUT2D eigenvalue weighted by molar-refractivity contribution is -0.120. The van der Waals surface area contributed by atoms with Crippen LogP contribution in [0.25, 0.3) is 5.82 Å². The van der Waals surface area contributed by atoms with Gasteiger partial charge in [0.25, 0.3) is 0 Å². The highest BCUT2D eigenvalue weighted by molar-refractivity contribution is 7.89. The van der Waals surface area contributed by atoms with Crippen molar-refractivity contribution in [1.29, 1.82) is 0 Å². The molecule has 11 nitrogen and oxygen atoms in total. The molecule has 0 spiro atoms. The van der Waals surface area contributed by atoms with Crippen molar-refractivity contribution >= 4 is 27.4 Å². The van der Waals surface area contributed by atoms with Gasteiger partial charge in [-0.25, -0.2) is 33.2 Å². The van der Waals surface area contributed by atoms with Gasteiger partial charge in [-0.05, 0) is 37.1 Å². The third kappa shape index (κ3) is 4.44. The summed E-state index contributed by atoms with van der Waals surface area (Å²) in [4.78, 5) is 27.1. The van der Waals surface area contributed by atoms with Gasteiger partial charge in [0.05, 0.1) is 4.90 Å². The van der Waals surface area contributed by atoms with Gasteiger partial charge in [-0.3, -0.25) is 4.79 Å². The number of piperidine rings is 1. The maximum atomic E-state index is 12.6. The van der Waals surface area contributed by atoms with E-state index in [1.807, 2.05) is 6.07 Å². The van der Waals surface area contributed by atoms with Gasteiger partial charge in [0.1, 0.15) is 24.8 Å². The number of anilines is 2. The van der Waals surface area contributed by atoms with E-state index in [0.717, 1.165) is 5.82 Å². The van der Waals surface area contributed by atoms with Gasteiger partial charge in [0.2, 0.25) is 15.9 Å². The molecule has 1 fully saturated rings. The molecule has 3 heterocycles. The molecule has 1 aliphatic rings. The van der Waals surface area contributed by atoms with Crippen LogP contribution in [0.15, 0.2) is 54.2 Å². The highest BCUT2D eigenvalue weighted by Gasteiger charge is 2.26. The normalized spacial score (nSPS) is 15.2. The molecule has 4 rings (SSSR count). The summed E-state index contributed by atoms with van der Waals surface area (Å²) in [6.45, 7) is 1.35. The summed E-state index contributed by atoms with van der Waals surface area (Å²) in [7, 11) is -3.76. The molecule has 1 amide bonds. The number of nitrogens with two attached hydrogens (primary N) is 1. The Labute approximate surface area is 173 Å². The zero-order chi connectivity index (χ0) is 21.1. The Kier molecular flexibility index (Phi) is 5.42. The topological polar surface area (TPSA) is 149 Å². The predicted molar refractivity (Wildman–Crippen MR) is 108 cm³/mol. The van der Waals surface area contributed by atoms with Gasteiger partial charge in [0.15, 0.2) is 5.82 Å². The third-order valence-corrected chi connectivity index (χ3v) is 5.86. The predicted octanol–water partition coefficient (Wildman–Crippen LogP) is 0.560. The van der Waals surface area contributed by atoms with Crippen LogP contribution < -0.4 is 15.4 Å². The fourth-order valence-electron chi connectivity index (χ4n) is 3.30. The number of amides is 1. The van der Waals surface area contributed by atoms with Crippen molar-refractivity contribution in [2.24, 2.45) is 11.1 Å². The van der Waals surface area contributed by atoms with Crippen molar-refractivity contribution in [1.82, 2.24) is 24.7 Å². The molecule has 0 aliphatic carbocycles. The number of carbonyl (C=O) groups excluding carboxylic acids is 1. The van der Waals surface area contributed by atoms with Crippen molar-refractivity contribution in [3.8, 4) is 5.82 Å². The van der Waals surface area contributed by atoms with E-state index in [-0.39, 0.29) is 16.7 Å². The third-order valence-electron chi connectivity index (χ3n) is 4.93. The van der Waals surface area contributed by atoms with Crippen LogP contribution in [-0.2, 0) is 14.8 Å². The number of nitrogens with zero attached hydrogens (tertiary/aromatic N) is 6. The SMILES string of the molecule is NS(=O)(=O)c1ccc(NC(=O)C2CCN(c3cc(-n4cncn4)ncn3)CC2)cc1. The standard InChI is InChI=1S/C18H20N8O3S/c19-30(28,29)15-3-1-14(2-4-15)24-18(27)13-5-7-25(8-6-13)16-9-17(22-11-21-16)26-12-20-10-23-26/h1-4,9-13H,5-8H2,(H,24,27)(H2,19,28,29). The highest BCUT2D eigenvalue weighted by Crippen LogP contribution is 2.24. The minimum atomic E-state index is -3.76. The number of rotatable bonds is 5. The van der Waals surface area contributed by atoms with E-state index < -0.39 is 10.0 Å². The summed E-state index contributed by atoms with van der Waals surface area (Å²) in [5, 5.41) is 12.0. The number of benzene rings is 1. The fourth-order valence-corrected chi connectivity index (χ4v) is 3.82. The van der Waals surface area contributed by atoms with Crippen LogP contribution in [0.1, 0.15) is 12.8 Å². The first-order valence-electron chi connectivity index (χ1n) is 9.26. The average molecular weight is 428 g/mol. The van der Waals surface area contributed by atoms with Gasteiger partial charge in [-0.1, -0.05) is 0 Å². The fraction of sp³-hybridized carbons (Fsp3) is 0.278. The molecule has 2 aromatic heterocycles. The zero-order valence-electron chi connectivity index (χ0n) is 15.9. The summed E-state index contributed by atoms with van der Waals surface area (Å²) in [5.41, 5.74) is 0.531. The summed E-state index contributed by atoms with van der Waals surface area (Å²) < 4.78 is 24.2. The molecule has 0 bridgehead atoms. The largest absolute Gasteiger partial charge is 0.356 e. The van der Waals surface area contributed by atoms with Gasteiger partial charge < -0.3 is 10.2 Å². The van der Waals surface area contributed by atoms with E-state index in [2.05, 4.69) is 30.3 Å². The molecule has 3 aromatic rings. The second kappa shape index (κ2) is 8.16. The van der Waals surface area contributed by atoms with Gasteiger partial charge in [-0.2, -0.15) is 5.10 Å². The number of sulfonamides is 1. The summed E-state index contributed by atoms with van der Waals surface area (Å²) >= 11 is 0. The average Bonchev–Trinajstić information content (AvgIpc) is 3.29. The number of primary sulfonamides is 1. The van der Waals surface area contributed by atoms with Crippen molar-refractivity contribution in [3.05, 3.63) is 49.3 Å². The number of nitrogens with one attached hydrogen (secondary N) is 1. The zero-order valence-corrected chi connectivity index (χ0v) is 16.7. The van der Waals surface area contributed by atoms with Gasteiger partial charge >= 0.3 is 0 Å². The Morgan fingerprint density at radius 2 is 1.77 bits per heavy atom. The maximum absolute atomic E-state index is 12.6. The second-order valence-corrected chi connectivity index (χ2v) is 8.46. The number of carbonyl (C=O) groups is 1. The molecule has 1 aromatic carbocycles. The lowest BCUT2D eigenvalue weighted by Gasteiger charge is -2.32. The van der Waals surface area contributed by atoms with E-state index in [1.54, 1.807) is 11.0 Å². The van der Waals surface area contributed by atoms with Gasteiger partial charge in [0, 0.05) is 30.8 Å². The molecule has 0 radical (unpaired) electrons. The molecule has 0 saturated carbocycles. The Morgan fingerprint density at radius 3 is 2.40 bits per heavy atom. The summed E-state index contributed by atoms with van der Waals surface area (Å²) in [6.07, 6.45) is 5.83. The Balaban J connectivity index is 1.35. The first-order valence-corrected chi connectivity index (χ1v) is 10.8. The molecule has 0 atom stereocenters. The summed E-state index contributed by atoms with van der Waals surface area (Å²) in [6, 6.07) is 7.63. The van der Waals surface area contributed by atoms with Crippen LogP contribution in [0.4, 0.5) is 11.5 Å². The molecule has 1 saturated heterocycles. The smallest absolute Gasteiger partial charge is 0.238 e. The van der Waals surface area contributed by atoms with E-state index >= 15 is 0 Å². The van der Waals surface area contributed by atoms with E-state index in [0.29, 0.717) is 37.4 Å². The Morgan fingerprint density at radius 1 is 1.07 bits per heavy atom. The first kappa shape index (κ1) is 19.9. The van der Waals surface area contributed by atoms with Crippen molar-refractivity contribution in [3.63, 3.8) is 0 Å². The van der Waals surface area contributed by atoms with E-state index in [4.69, 9.17) is 5.14 Å². The van der Waals surface area contributed by atoms with Crippen LogP contribution in [0, 0.1) is 5.92 Å². The summed E-state index contributed by atoms with van der Waals surface area (Å²) in [5.74, 6) is 1.16. The molecule has 12 heteroatoms. The van der Waals surface area contributed by atoms with Crippen molar-refractivity contribution < 1.29 is 13.2 Å². The monoisotopic (exact) mass is 428 g/mol. The lowest BCUT2D eigenvalue weighted by Crippen LogP contribution is -2.38. The molecular weight excluding hydrogens is 408 g/mol. The van der Waals surface area contributed by atoms with Crippen molar-refractivity contribution in [2.75, 3.05) is 23.3 Å². The van der Waals surface area contributed by atoms with Crippen LogP contribution in [0.5, 0.6) is 0 Å². The van der Waals surface area contributed by atoms with Crippen LogP contribution in [-0.4, -0.2) is 52.1 Å². The number of hydrogen-bond donors (Lipinski definition) is 2. The molecule has 30 heavy (non-hydrogen) atoms. The molecule has 156 valence electrons. The molecular formula is C18H20N8O3S.